The third-order valence-electron chi connectivity index (χ3n) is 3.44. The smallest absolute Gasteiger partial charge is 0.308 e. The lowest BCUT2D eigenvalue weighted by molar-refractivity contribution is -0.142. The summed E-state index contributed by atoms with van der Waals surface area (Å²) in [5.41, 5.74) is -1.45. The summed E-state index contributed by atoms with van der Waals surface area (Å²) in [5.74, 6) is -0.598. The van der Waals surface area contributed by atoms with Gasteiger partial charge in [-0.25, -0.2) is 13.9 Å². The van der Waals surface area contributed by atoms with Crippen LogP contribution in [0.15, 0.2) is 54.7 Å². The third kappa shape index (κ3) is 4.37. The molecule has 0 aliphatic heterocycles. The third-order valence-corrected chi connectivity index (χ3v) is 3.67. The molecule has 0 saturated carbocycles. The van der Waals surface area contributed by atoms with Gasteiger partial charge >= 0.3 is 12.2 Å². The van der Waals surface area contributed by atoms with Gasteiger partial charge in [0.05, 0.1) is 17.6 Å². The predicted octanol–water partition coefficient (Wildman–Crippen LogP) is 5.33. The molecule has 0 aliphatic carbocycles. The zero-order valence-electron chi connectivity index (χ0n) is 13.4. The number of carbonyl (C=O) groups is 1. The van der Waals surface area contributed by atoms with E-state index in [4.69, 9.17) is 11.6 Å². The molecule has 0 bridgehead atoms. The lowest BCUT2D eigenvalue weighted by Gasteiger charge is -2.13. The number of benzene rings is 2. The Balaban J connectivity index is 1.89. The first kappa shape index (κ1) is 18.7. The molecule has 27 heavy (non-hydrogen) atoms. The van der Waals surface area contributed by atoms with Gasteiger partial charge in [-0.3, -0.25) is 0 Å². The van der Waals surface area contributed by atoms with Gasteiger partial charge in [0, 0.05) is 10.7 Å². The Morgan fingerprint density at radius 3 is 2.41 bits per heavy atom. The highest BCUT2D eigenvalue weighted by Gasteiger charge is 2.39. The molecule has 0 aliphatic rings. The number of hydrogen-bond donors (Lipinski definition) is 2. The van der Waals surface area contributed by atoms with Crippen LogP contribution < -0.4 is 10.6 Å². The molecular formula is C17H11ClF4N4O. The van der Waals surface area contributed by atoms with Crippen LogP contribution in [0.25, 0.3) is 5.69 Å². The molecule has 2 amide bonds. The molecule has 140 valence electrons. The Hall–Kier alpha value is -3.07. The van der Waals surface area contributed by atoms with E-state index in [-0.39, 0.29) is 5.69 Å². The van der Waals surface area contributed by atoms with E-state index in [1.807, 2.05) is 0 Å². The average molecular weight is 399 g/mol. The topological polar surface area (TPSA) is 59.0 Å². The van der Waals surface area contributed by atoms with Gasteiger partial charge in [0.2, 0.25) is 0 Å². The first-order chi connectivity index (χ1) is 12.7. The number of hydrogen-bond acceptors (Lipinski definition) is 2. The van der Waals surface area contributed by atoms with Crippen molar-refractivity contribution in [1.29, 1.82) is 0 Å². The summed E-state index contributed by atoms with van der Waals surface area (Å²) >= 11 is 5.80. The van der Waals surface area contributed by atoms with Crippen LogP contribution in [-0.4, -0.2) is 15.8 Å². The van der Waals surface area contributed by atoms with Crippen LogP contribution in [0.4, 0.5) is 33.7 Å². The first-order valence-corrected chi connectivity index (χ1v) is 7.86. The van der Waals surface area contributed by atoms with Gasteiger partial charge in [0.15, 0.2) is 5.69 Å². The molecule has 1 aromatic heterocycles. The molecule has 0 atom stereocenters. The quantitative estimate of drug-likeness (QED) is 0.586. The molecule has 3 rings (SSSR count). The van der Waals surface area contributed by atoms with Crippen molar-refractivity contribution in [3.05, 3.63) is 71.3 Å². The fraction of sp³-hybridized carbons (Fsp3) is 0.0588. The highest BCUT2D eigenvalue weighted by Crippen LogP contribution is 2.36. The standard InChI is InChI=1S/C17H11ClF4N4O/c18-10-2-1-3-12(8-10)24-16(27)25-14-9-23-26(15(14)17(20,21)22)13-6-4-11(19)5-7-13/h1-9H,(H2,24,25,27). The zero-order chi connectivity index (χ0) is 19.6. The SMILES string of the molecule is O=C(Nc1cccc(Cl)c1)Nc1cnn(-c2ccc(F)cc2)c1C(F)(F)F. The Morgan fingerprint density at radius 1 is 1.07 bits per heavy atom. The minimum absolute atomic E-state index is 0.00738. The molecule has 0 unspecified atom stereocenters. The number of alkyl halides is 3. The minimum Gasteiger partial charge on any atom is -0.308 e. The summed E-state index contributed by atoms with van der Waals surface area (Å²) in [6, 6.07) is 9.53. The summed E-state index contributed by atoms with van der Waals surface area (Å²) < 4.78 is 54.1. The second-order valence-electron chi connectivity index (χ2n) is 5.38. The van der Waals surface area contributed by atoms with E-state index in [9.17, 15) is 22.4 Å². The maximum absolute atomic E-state index is 13.5. The van der Waals surface area contributed by atoms with Gasteiger partial charge in [0.25, 0.3) is 0 Å². The fourth-order valence-electron chi connectivity index (χ4n) is 2.34. The van der Waals surface area contributed by atoms with Crippen molar-refractivity contribution in [2.24, 2.45) is 0 Å². The van der Waals surface area contributed by atoms with Crippen LogP contribution >= 0.6 is 11.6 Å². The van der Waals surface area contributed by atoms with E-state index in [2.05, 4.69) is 15.7 Å². The van der Waals surface area contributed by atoms with Gasteiger partial charge in [-0.2, -0.15) is 18.3 Å². The molecule has 10 heteroatoms. The Bertz CT molecular complexity index is 970. The molecule has 3 aromatic rings. The molecule has 0 spiro atoms. The van der Waals surface area contributed by atoms with Gasteiger partial charge in [-0.05, 0) is 42.5 Å². The van der Waals surface area contributed by atoms with Gasteiger partial charge in [0.1, 0.15) is 5.82 Å². The van der Waals surface area contributed by atoms with E-state index >= 15 is 0 Å². The number of rotatable bonds is 3. The molecule has 0 radical (unpaired) electrons. The van der Waals surface area contributed by atoms with Crippen molar-refractivity contribution in [3.8, 4) is 5.69 Å². The first-order valence-electron chi connectivity index (χ1n) is 7.49. The van der Waals surface area contributed by atoms with Crippen LogP contribution in [0.5, 0.6) is 0 Å². The lowest BCUT2D eigenvalue weighted by Crippen LogP contribution is -2.22. The summed E-state index contributed by atoms with van der Waals surface area (Å²) in [7, 11) is 0. The molecule has 2 aromatic carbocycles. The zero-order valence-corrected chi connectivity index (χ0v) is 14.1. The van der Waals surface area contributed by atoms with Crippen molar-refractivity contribution >= 4 is 29.0 Å². The fourth-order valence-corrected chi connectivity index (χ4v) is 2.53. The molecular weight excluding hydrogens is 388 g/mol. The largest absolute Gasteiger partial charge is 0.435 e. The van der Waals surface area contributed by atoms with E-state index in [1.165, 1.54) is 12.1 Å². The Labute approximate surface area is 155 Å². The number of carbonyl (C=O) groups excluding carboxylic acids is 1. The number of nitrogens with zero attached hydrogens (tertiary/aromatic N) is 2. The number of urea groups is 1. The monoisotopic (exact) mass is 398 g/mol. The van der Waals surface area contributed by atoms with E-state index < -0.39 is 29.4 Å². The molecule has 0 saturated heterocycles. The average Bonchev–Trinajstić information content (AvgIpc) is 2.99. The molecule has 2 N–H and O–H groups in total. The van der Waals surface area contributed by atoms with Crippen molar-refractivity contribution < 1.29 is 22.4 Å². The minimum atomic E-state index is -4.82. The Kier molecular flexibility index (Phi) is 5.04. The van der Waals surface area contributed by atoms with Gasteiger partial charge in [-0.15, -0.1) is 0 Å². The maximum Gasteiger partial charge on any atom is 0.435 e. The summed E-state index contributed by atoms with van der Waals surface area (Å²) in [6.45, 7) is 0. The van der Waals surface area contributed by atoms with Crippen molar-refractivity contribution in [1.82, 2.24) is 9.78 Å². The van der Waals surface area contributed by atoms with Crippen molar-refractivity contribution in [2.45, 2.75) is 6.18 Å². The highest BCUT2D eigenvalue weighted by atomic mass is 35.5. The van der Waals surface area contributed by atoms with Crippen LogP contribution in [0.3, 0.4) is 0 Å². The van der Waals surface area contributed by atoms with Gasteiger partial charge < -0.3 is 10.6 Å². The number of anilines is 2. The predicted molar refractivity (Wildman–Crippen MR) is 92.6 cm³/mol. The van der Waals surface area contributed by atoms with Gasteiger partial charge in [-0.1, -0.05) is 17.7 Å². The lowest BCUT2D eigenvalue weighted by atomic mass is 10.3. The Morgan fingerprint density at radius 2 is 1.78 bits per heavy atom. The van der Waals surface area contributed by atoms with Crippen molar-refractivity contribution in [2.75, 3.05) is 10.6 Å². The normalized spacial score (nSPS) is 11.3. The number of aromatic nitrogens is 2. The second-order valence-corrected chi connectivity index (χ2v) is 5.82. The number of amides is 2. The molecule has 5 nitrogen and oxygen atoms in total. The van der Waals surface area contributed by atoms with Crippen LogP contribution in [-0.2, 0) is 6.18 Å². The highest BCUT2D eigenvalue weighted by molar-refractivity contribution is 6.30. The van der Waals surface area contributed by atoms with Crippen LogP contribution in [0.2, 0.25) is 5.02 Å². The van der Waals surface area contributed by atoms with Crippen molar-refractivity contribution in [3.63, 3.8) is 0 Å². The van der Waals surface area contributed by atoms with E-state index in [0.29, 0.717) is 15.4 Å². The summed E-state index contributed by atoms with van der Waals surface area (Å²) in [6.07, 6.45) is -3.95. The number of halogens is 5. The molecule has 1 heterocycles. The summed E-state index contributed by atoms with van der Waals surface area (Å²) in [5, 5.41) is 8.52. The second kappa shape index (κ2) is 7.28. The van der Waals surface area contributed by atoms with Crippen LogP contribution in [0, 0.1) is 5.82 Å². The van der Waals surface area contributed by atoms with E-state index in [0.717, 1.165) is 30.5 Å². The van der Waals surface area contributed by atoms with Crippen LogP contribution in [0.1, 0.15) is 5.69 Å². The number of nitrogens with one attached hydrogen (secondary N) is 2. The van der Waals surface area contributed by atoms with E-state index in [1.54, 1.807) is 12.1 Å². The molecule has 0 fully saturated rings. The summed E-state index contributed by atoms with van der Waals surface area (Å²) in [4.78, 5) is 12.0. The maximum atomic E-state index is 13.5.